The summed E-state index contributed by atoms with van der Waals surface area (Å²) in [7, 11) is 0. The summed E-state index contributed by atoms with van der Waals surface area (Å²) in [5.74, 6) is 0.518. The van der Waals surface area contributed by atoms with E-state index in [1.54, 1.807) is 0 Å². The first-order valence-electron chi connectivity index (χ1n) is 6.10. The summed E-state index contributed by atoms with van der Waals surface area (Å²) < 4.78 is 0. The van der Waals surface area contributed by atoms with Crippen LogP contribution in [0.2, 0.25) is 0 Å². The van der Waals surface area contributed by atoms with Crippen molar-refractivity contribution in [2.75, 3.05) is 6.54 Å². The van der Waals surface area contributed by atoms with Gasteiger partial charge < -0.3 is 16.2 Å². The Morgan fingerprint density at radius 3 is 2.69 bits per heavy atom. The number of aliphatic hydroxyl groups excluding tert-OH is 1. The molecule has 1 rings (SSSR count). The molecular formula is C12H24N2O2. The molecule has 16 heavy (non-hydrogen) atoms. The van der Waals surface area contributed by atoms with Gasteiger partial charge in [-0.2, -0.15) is 0 Å². The third-order valence-corrected chi connectivity index (χ3v) is 3.10. The number of hydrogen-bond acceptors (Lipinski definition) is 3. The highest BCUT2D eigenvalue weighted by Crippen LogP contribution is 2.24. The maximum atomic E-state index is 11.5. The highest BCUT2D eigenvalue weighted by atomic mass is 16.3. The molecule has 0 radical (unpaired) electrons. The topological polar surface area (TPSA) is 75.4 Å². The second-order valence-electron chi connectivity index (χ2n) is 5.63. The first-order valence-corrected chi connectivity index (χ1v) is 6.10. The lowest BCUT2D eigenvalue weighted by Crippen LogP contribution is -2.35. The van der Waals surface area contributed by atoms with Gasteiger partial charge in [-0.1, -0.05) is 0 Å². The molecule has 0 bridgehead atoms. The normalized spacial score (nSPS) is 25.8. The van der Waals surface area contributed by atoms with Gasteiger partial charge in [-0.15, -0.1) is 0 Å². The fourth-order valence-electron chi connectivity index (χ4n) is 2.02. The molecule has 1 aliphatic rings. The maximum absolute atomic E-state index is 11.5. The Morgan fingerprint density at radius 2 is 2.19 bits per heavy atom. The van der Waals surface area contributed by atoms with Crippen molar-refractivity contribution in [1.82, 2.24) is 5.32 Å². The Hall–Kier alpha value is -0.610. The van der Waals surface area contributed by atoms with E-state index < -0.39 is 0 Å². The number of rotatable bonds is 5. The van der Waals surface area contributed by atoms with Gasteiger partial charge in [0.15, 0.2) is 0 Å². The van der Waals surface area contributed by atoms with Crippen LogP contribution in [-0.4, -0.2) is 29.2 Å². The van der Waals surface area contributed by atoms with Gasteiger partial charge in [0.05, 0.1) is 6.10 Å². The first-order chi connectivity index (χ1) is 7.37. The molecule has 1 fully saturated rings. The molecule has 4 nitrogen and oxygen atoms in total. The van der Waals surface area contributed by atoms with Gasteiger partial charge in [-0.25, -0.2) is 0 Å². The van der Waals surface area contributed by atoms with E-state index in [-0.39, 0.29) is 17.6 Å². The number of nitrogens with two attached hydrogens (primary N) is 1. The molecule has 1 saturated carbocycles. The molecule has 0 saturated heterocycles. The molecule has 2 unspecified atom stereocenters. The molecule has 0 aromatic heterocycles. The van der Waals surface area contributed by atoms with Gasteiger partial charge in [0.1, 0.15) is 0 Å². The fourth-order valence-corrected chi connectivity index (χ4v) is 2.02. The van der Waals surface area contributed by atoms with Crippen LogP contribution in [0.15, 0.2) is 0 Å². The number of carbonyl (C=O) groups is 1. The summed E-state index contributed by atoms with van der Waals surface area (Å²) in [6, 6.07) is 0. The van der Waals surface area contributed by atoms with Gasteiger partial charge in [0.2, 0.25) is 5.91 Å². The van der Waals surface area contributed by atoms with Crippen LogP contribution >= 0.6 is 0 Å². The maximum Gasteiger partial charge on any atom is 0.220 e. The smallest absolute Gasteiger partial charge is 0.220 e. The quantitative estimate of drug-likeness (QED) is 0.651. The van der Waals surface area contributed by atoms with Crippen LogP contribution in [0.5, 0.6) is 0 Å². The molecular weight excluding hydrogens is 204 g/mol. The van der Waals surface area contributed by atoms with Crippen molar-refractivity contribution in [2.24, 2.45) is 11.7 Å². The first kappa shape index (κ1) is 13.5. The van der Waals surface area contributed by atoms with Crippen LogP contribution < -0.4 is 11.1 Å². The zero-order valence-electron chi connectivity index (χ0n) is 10.3. The molecule has 0 aromatic carbocycles. The minimum atomic E-state index is -0.277. The van der Waals surface area contributed by atoms with E-state index in [1.807, 2.05) is 13.8 Å². The van der Waals surface area contributed by atoms with Crippen LogP contribution in [0.25, 0.3) is 0 Å². The monoisotopic (exact) mass is 228 g/mol. The van der Waals surface area contributed by atoms with Crippen molar-refractivity contribution in [3.05, 3.63) is 0 Å². The molecule has 4 N–H and O–H groups in total. The minimum Gasteiger partial charge on any atom is -0.393 e. The van der Waals surface area contributed by atoms with Gasteiger partial charge in [0, 0.05) is 18.5 Å². The van der Waals surface area contributed by atoms with E-state index in [9.17, 15) is 9.90 Å². The Kier molecular flexibility index (Phi) is 4.74. The van der Waals surface area contributed by atoms with Crippen molar-refractivity contribution in [2.45, 2.75) is 57.6 Å². The Morgan fingerprint density at radius 1 is 1.50 bits per heavy atom. The van der Waals surface area contributed by atoms with E-state index >= 15 is 0 Å². The molecule has 94 valence electrons. The number of carbonyl (C=O) groups excluding carboxylic acids is 1. The molecule has 0 aromatic rings. The second kappa shape index (κ2) is 5.64. The summed E-state index contributed by atoms with van der Waals surface area (Å²) in [5.41, 5.74) is 5.53. The van der Waals surface area contributed by atoms with Crippen LogP contribution in [-0.2, 0) is 4.79 Å². The standard InChI is InChI=1S/C12H24N2O2/c1-12(2,13)6-5-11(16)14-8-9-3-4-10(15)7-9/h9-10,15H,3-8,13H2,1-2H3,(H,14,16). The lowest BCUT2D eigenvalue weighted by atomic mass is 10.00. The molecule has 0 heterocycles. The minimum absolute atomic E-state index is 0.0694. The summed E-state index contributed by atoms with van der Waals surface area (Å²) in [5, 5.41) is 12.3. The van der Waals surface area contributed by atoms with E-state index in [4.69, 9.17) is 5.73 Å². The summed E-state index contributed by atoms with van der Waals surface area (Å²) >= 11 is 0. The zero-order valence-corrected chi connectivity index (χ0v) is 10.3. The number of hydrogen-bond donors (Lipinski definition) is 3. The van der Waals surface area contributed by atoms with Crippen LogP contribution in [0, 0.1) is 5.92 Å². The predicted octanol–water partition coefficient (Wildman–Crippen LogP) is 0.781. The van der Waals surface area contributed by atoms with E-state index in [0.717, 1.165) is 19.3 Å². The molecule has 2 atom stereocenters. The average molecular weight is 228 g/mol. The van der Waals surface area contributed by atoms with Crippen LogP contribution in [0.3, 0.4) is 0 Å². The molecule has 0 spiro atoms. The van der Waals surface area contributed by atoms with Crippen LogP contribution in [0.4, 0.5) is 0 Å². The number of aliphatic hydroxyl groups is 1. The largest absolute Gasteiger partial charge is 0.393 e. The molecule has 4 heteroatoms. The summed E-state index contributed by atoms with van der Waals surface area (Å²) in [6.07, 6.45) is 3.73. The number of nitrogens with one attached hydrogen (secondary N) is 1. The Balaban J connectivity index is 2.11. The van der Waals surface area contributed by atoms with Gasteiger partial charge >= 0.3 is 0 Å². The zero-order chi connectivity index (χ0) is 12.2. The average Bonchev–Trinajstić information content (AvgIpc) is 2.57. The molecule has 0 aliphatic heterocycles. The summed E-state index contributed by atoms with van der Waals surface area (Å²) in [4.78, 5) is 11.5. The van der Waals surface area contributed by atoms with Crippen molar-refractivity contribution < 1.29 is 9.90 Å². The van der Waals surface area contributed by atoms with Crippen molar-refractivity contribution in [3.63, 3.8) is 0 Å². The van der Waals surface area contributed by atoms with E-state index in [1.165, 1.54) is 0 Å². The number of amides is 1. The van der Waals surface area contributed by atoms with Gasteiger partial charge in [-0.05, 0) is 45.4 Å². The van der Waals surface area contributed by atoms with E-state index in [2.05, 4.69) is 5.32 Å². The predicted molar refractivity (Wildman–Crippen MR) is 63.9 cm³/mol. The lowest BCUT2D eigenvalue weighted by Gasteiger charge is -2.18. The second-order valence-corrected chi connectivity index (χ2v) is 5.63. The Bertz CT molecular complexity index is 236. The van der Waals surface area contributed by atoms with Crippen molar-refractivity contribution in [3.8, 4) is 0 Å². The third kappa shape index (κ3) is 5.47. The van der Waals surface area contributed by atoms with E-state index in [0.29, 0.717) is 25.3 Å². The van der Waals surface area contributed by atoms with Crippen LogP contribution in [0.1, 0.15) is 46.0 Å². The highest BCUT2D eigenvalue weighted by Gasteiger charge is 2.23. The Labute approximate surface area is 97.6 Å². The molecule has 1 aliphatic carbocycles. The van der Waals surface area contributed by atoms with Crippen molar-refractivity contribution >= 4 is 5.91 Å². The van der Waals surface area contributed by atoms with Gasteiger partial charge in [-0.3, -0.25) is 4.79 Å². The highest BCUT2D eigenvalue weighted by molar-refractivity contribution is 5.75. The van der Waals surface area contributed by atoms with Gasteiger partial charge in [0.25, 0.3) is 0 Å². The SMILES string of the molecule is CC(C)(N)CCC(=O)NCC1CCC(O)C1. The van der Waals surface area contributed by atoms with Crippen molar-refractivity contribution in [1.29, 1.82) is 0 Å². The third-order valence-electron chi connectivity index (χ3n) is 3.10. The fraction of sp³-hybridized carbons (Fsp3) is 0.917. The lowest BCUT2D eigenvalue weighted by molar-refractivity contribution is -0.121. The molecule has 1 amide bonds. The summed E-state index contributed by atoms with van der Waals surface area (Å²) in [6.45, 7) is 4.54.